The molecule has 0 unspecified atom stereocenters. The molecule has 290 valence electrons. The van der Waals surface area contributed by atoms with Crippen molar-refractivity contribution in [3.05, 3.63) is 131 Å². The fourth-order valence-corrected chi connectivity index (χ4v) is 8.63. The van der Waals surface area contributed by atoms with Crippen molar-refractivity contribution in [2.45, 2.75) is 43.5 Å². The zero-order chi connectivity index (χ0) is 39.5. The van der Waals surface area contributed by atoms with Crippen molar-refractivity contribution in [1.29, 1.82) is 0 Å². The monoisotopic (exact) mass is 784 g/mol. The number of hydrogen-bond acceptors (Lipinski definition) is 9. The van der Waals surface area contributed by atoms with Crippen LogP contribution in [0, 0.1) is 0 Å². The van der Waals surface area contributed by atoms with Gasteiger partial charge in [-0.15, -0.1) is 10.2 Å². The van der Waals surface area contributed by atoms with Gasteiger partial charge in [-0.1, -0.05) is 54.6 Å². The average molecular weight is 785 g/mol. The van der Waals surface area contributed by atoms with E-state index in [1.807, 2.05) is 6.07 Å². The highest BCUT2D eigenvalue weighted by atomic mass is 32.2. The zero-order valence-electron chi connectivity index (χ0n) is 30.9. The first-order valence-electron chi connectivity index (χ1n) is 17.8. The smallest absolute Gasteiger partial charge is 0.417 e. The molecule has 0 bridgehead atoms. The van der Waals surface area contributed by atoms with Gasteiger partial charge in [0.05, 0.1) is 39.0 Å². The number of tetrazole rings is 1. The minimum Gasteiger partial charge on any atom is -0.497 e. The van der Waals surface area contributed by atoms with Crippen LogP contribution >= 0.6 is 0 Å². The van der Waals surface area contributed by atoms with Gasteiger partial charge in [-0.2, -0.15) is 22.3 Å². The van der Waals surface area contributed by atoms with Crippen LogP contribution in [0.4, 0.5) is 18.9 Å². The lowest BCUT2D eigenvalue weighted by Gasteiger charge is -2.27. The van der Waals surface area contributed by atoms with Crippen molar-refractivity contribution in [3.8, 4) is 39.8 Å². The molecule has 2 heterocycles. The second-order valence-electron chi connectivity index (χ2n) is 13.2. The number of alkyl halides is 3. The highest BCUT2D eigenvalue weighted by Gasteiger charge is 2.43. The van der Waals surface area contributed by atoms with Crippen molar-refractivity contribution < 1.29 is 35.8 Å². The number of methoxy groups -OCH3 is 3. The van der Waals surface area contributed by atoms with Gasteiger partial charge in [-0.3, -0.25) is 0 Å². The topological polar surface area (TPSA) is 121 Å². The van der Waals surface area contributed by atoms with Gasteiger partial charge in [0, 0.05) is 25.3 Å². The lowest BCUT2D eigenvalue weighted by atomic mass is 9.89. The largest absolute Gasteiger partial charge is 0.497 e. The third-order valence-electron chi connectivity index (χ3n) is 9.64. The lowest BCUT2D eigenvalue weighted by molar-refractivity contribution is -0.139. The van der Waals surface area contributed by atoms with Gasteiger partial charge in [0.2, 0.25) is 15.8 Å². The molecule has 6 aromatic rings. The molecule has 0 saturated carbocycles. The van der Waals surface area contributed by atoms with E-state index in [-0.39, 0.29) is 36.6 Å². The van der Waals surface area contributed by atoms with Crippen LogP contribution in [0.1, 0.15) is 34.2 Å². The normalized spacial score (nSPS) is 12.9. The summed E-state index contributed by atoms with van der Waals surface area (Å²) in [5.41, 5.74) is 2.65. The molecule has 1 aromatic heterocycles. The van der Waals surface area contributed by atoms with Crippen LogP contribution in [0.25, 0.3) is 22.5 Å². The summed E-state index contributed by atoms with van der Waals surface area (Å²) in [6.45, 7) is 0.311. The Bertz CT molecular complexity index is 2370. The Balaban J connectivity index is 1.46. The van der Waals surface area contributed by atoms with E-state index >= 15 is 21.6 Å². The van der Waals surface area contributed by atoms with Crippen molar-refractivity contribution in [2.24, 2.45) is 0 Å². The summed E-state index contributed by atoms with van der Waals surface area (Å²) in [6.07, 6.45) is -3.68. The van der Waals surface area contributed by atoms with Gasteiger partial charge in [0.15, 0.2) is 0 Å². The lowest BCUT2D eigenvalue weighted by Crippen LogP contribution is -2.32. The number of benzene rings is 5. The van der Waals surface area contributed by atoms with E-state index in [1.54, 1.807) is 92.0 Å². The first-order valence-corrected chi connectivity index (χ1v) is 19.2. The SMILES string of the molecule is COc1ccc(CN(Cc2ccc(OC)cc2)S(=O)(=O)c2c(C(F)(F)F)ccc(-c3cccc4c3CCCN4)c2-c2nnn(Cc3ccc(OC)cc3)n2)cc1. The Hall–Kier alpha value is -5.93. The van der Waals surface area contributed by atoms with E-state index in [4.69, 9.17) is 14.2 Å². The highest BCUT2D eigenvalue weighted by Crippen LogP contribution is 2.46. The van der Waals surface area contributed by atoms with Crippen molar-refractivity contribution in [2.75, 3.05) is 33.2 Å². The third-order valence-corrected chi connectivity index (χ3v) is 11.5. The Morgan fingerprint density at radius 2 is 1.32 bits per heavy atom. The Morgan fingerprint density at radius 3 is 1.88 bits per heavy atom. The van der Waals surface area contributed by atoms with Crippen molar-refractivity contribution in [1.82, 2.24) is 24.5 Å². The second kappa shape index (κ2) is 16.0. The predicted molar refractivity (Wildman–Crippen MR) is 205 cm³/mol. The fourth-order valence-electron chi connectivity index (χ4n) is 6.81. The maximum Gasteiger partial charge on any atom is 0.417 e. The molecule has 0 amide bonds. The summed E-state index contributed by atoms with van der Waals surface area (Å²) in [6, 6.07) is 28.1. The number of nitrogens with one attached hydrogen (secondary N) is 1. The van der Waals surface area contributed by atoms with E-state index in [9.17, 15) is 0 Å². The molecule has 5 aromatic carbocycles. The van der Waals surface area contributed by atoms with Crippen LogP contribution in [0.2, 0.25) is 0 Å². The molecule has 7 rings (SSSR count). The van der Waals surface area contributed by atoms with Crippen LogP contribution in [0.15, 0.2) is 108 Å². The summed E-state index contributed by atoms with van der Waals surface area (Å²) in [4.78, 5) is 0.265. The van der Waals surface area contributed by atoms with Gasteiger partial charge in [0.25, 0.3) is 0 Å². The van der Waals surface area contributed by atoms with Crippen molar-refractivity contribution >= 4 is 15.7 Å². The zero-order valence-corrected chi connectivity index (χ0v) is 31.7. The number of nitrogens with zero attached hydrogens (tertiary/aromatic N) is 5. The molecule has 56 heavy (non-hydrogen) atoms. The first-order chi connectivity index (χ1) is 27.0. The van der Waals surface area contributed by atoms with E-state index in [2.05, 4.69) is 20.7 Å². The van der Waals surface area contributed by atoms with Gasteiger partial charge < -0.3 is 19.5 Å². The summed E-state index contributed by atoms with van der Waals surface area (Å²) < 4.78 is 93.6. The Labute approximate surface area is 322 Å². The molecule has 0 spiro atoms. The standard InChI is InChI=1S/C41H39F3N6O5S/c1-53-30-15-9-27(10-16-30)24-49(25-28-11-17-31(54-2)18-12-28)56(51,52)39-36(41(42,43)44)22-21-35(33-6-4-8-37-34(33)7-5-23-45-37)38(39)40-46-48-50(47-40)26-29-13-19-32(55-3)20-14-29/h4,6,8-22,45H,5,7,23-26H2,1-3H3. The van der Waals surface area contributed by atoms with E-state index in [1.165, 1.54) is 25.1 Å². The third kappa shape index (κ3) is 8.04. The van der Waals surface area contributed by atoms with Crippen LogP contribution in [0.3, 0.4) is 0 Å². The quantitative estimate of drug-likeness (QED) is 0.125. The summed E-state index contributed by atoms with van der Waals surface area (Å²) in [5, 5.41) is 16.3. The summed E-state index contributed by atoms with van der Waals surface area (Å²) >= 11 is 0. The molecule has 1 N–H and O–H groups in total. The van der Waals surface area contributed by atoms with Crippen LogP contribution < -0.4 is 19.5 Å². The van der Waals surface area contributed by atoms with E-state index < -0.39 is 26.7 Å². The molecule has 15 heteroatoms. The fraction of sp³-hybridized carbons (Fsp3) is 0.244. The number of fused-ring (bicyclic) bond motifs is 1. The molecule has 0 fully saturated rings. The molecule has 1 aliphatic rings. The van der Waals surface area contributed by atoms with Crippen molar-refractivity contribution in [3.63, 3.8) is 0 Å². The first kappa shape index (κ1) is 38.3. The number of hydrogen-bond donors (Lipinski definition) is 1. The molecule has 0 atom stereocenters. The average Bonchev–Trinajstić information content (AvgIpc) is 3.68. The van der Waals surface area contributed by atoms with Crippen LogP contribution in [-0.2, 0) is 42.3 Å². The van der Waals surface area contributed by atoms with Gasteiger partial charge in [-0.05, 0) is 100.0 Å². The summed E-state index contributed by atoms with van der Waals surface area (Å²) in [7, 11) is -0.470. The molecule has 1 aliphatic heterocycles. The number of anilines is 1. The number of halogens is 3. The van der Waals surface area contributed by atoms with E-state index in [0.29, 0.717) is 40.4 Å². The predicted octanol–water partition coefficient (Wildman–Crippen LogP) is 7.85. The van der Waals surface area contributed by atoms with Crippen LogP contribution in [-0.4, -0.2) is 60.8 Å². The minimum absolute atomic E-state index is 0.110. The molecular formula is C41H39F3N6O5S. The molecule has 0 saturated heterocycles. The molecular weight excluding hydrogens is 746 g/mol. The molecule has 0 aliphatic carbocycles. The summed E-state index contributed by atoms with van der Waals surface area (Å²) in [5.74, 6) is 1.45. The number of sulfonamides is 1. The molecule has 11 nitrogen and oxygen atoms in total. The van der Waals surface area contributed by atoms with Crippen LogP contribution in [0.5, 0.6) is 17.2 Å². The van der Waals surface area contributed by atoms with E-state index in [0.717, 1.165) is 40.2 Å². The maximum absolute atomic E-state index is 15.3. The van der Waals surface area contributed by atoms with Gasteiger partial charge in [-0.25, -0.2) is 8.42 Å². The number of rotatable bonds is 13. The molecule has 0 radical (unpaired) electrons. The Kier molecular flexibility index (Phi) is 11.0. The minimum atomic E-state index is -5.08. The number of ether oxygens (including phenoxy) is 3. The maximum atomic E-state index is 15.3. The highest BCUT2D eigenvalue weighted by molar-refractivity contribution is 7.89. The number of aromatic nitrogens is 4. The van der Waals surface area contributed by atoms with Gasteiger partial charge in [0.1, 0.15) is 22.1 Å². The van der Waals surface area contributed by atoms with Gasteiger partial charge >= 0.3 is 6.18 Å². The Morgan fingerprint density at radius 1 is 0.750 bits per heavy atom. The second-order valence-corrected chi connectivity index (χ2v) is 15.1.